The molecule has 0 bridgehead atoms. The average Bonchev–Trinajstić information content (AvgIpc) is 3.80. The van der Waals surface area contributed by atoms with Crippen LogP contribution in [0.2, 0.25) is 10.0 Å². The summed E-state index contributed by atoms with van der Waals surface area (Å²) < 4.78 is 48.1. The highest BCUT2D eigenvalue weighted by atomic mass is 35.5. The van der Waals surface area contributed by atoms with Gasteiger partial charge >= 0.3 is 5.97 Å². The van der Waals surface area contributed by atoms with Gasteiger partial charge in [0.25, 0.3) is 5.91 Å². The highest BCUT2D eigenvalue weighted by Gasteiger charge is 2.56. The topological polar surface area (TPSA) is 114 Å². The highest BCUT2D eigenvalue weighted by Crippen LogP contribution is 2.51. The second-order valence-corrected chi connectivity index (χ2v) is 16.6. The second-order valence-electron chi connectivity index (χ2n) is 13.0. The number of carboxylic acids is 1. The molecule has 2 aliphatic rings. The third-order valence-electron chi connectivity index (χ3n) is 8.56. The van der Waals surface area contributed by atoms with E-state index in [-0.39, 0.29) is 28.7 Å². The summed E-state index contributed by atoms with van der Waals surface area (Å²) in [5.74, 6) is -2.69. The van der Waals surface area contributed by atoms with E-state index in [9.17, 15) is 23.1 Å². The summed E-state index contributed by atoms with van der Waals surface area (Å²) in [4.78, 5) is 32.1. The van der Waals surface area contributed by atoms with Crippen molar-refractivity contribution in [1.82, 2.24) is 9.88 Å². The first-order valence-corrected chi connectivity index (χ1v) is 17.0. The molecule has 1 saturated heterocycles. The first-order chi connectivity index (χ1) is 21.0. The van der Waals surface area contributed by atoms with Crippen LogP contribution in [0.4, 0.5) is 4.39 Å². The van der Waals surface area contributed by atoms with Gasteiger partial charge in [-0.15, -0.1) is 0 Å². The van der Waals surface area contributed by atoms with Gasteiger partial charge in [-0.1, -0.05) is 41.4 Å². The van der Waals surface area contributed by atoms with Gasteiger partial charge < -0.3 is 14.7 Å². The molecule has 45 heavy (non-hydrogen) atoms. The van der Waals surface area contributed by atoms with Gasteiger partial charge in [0.2, 0.25) is 0 Å². The molecule has 1 aliphatic heterocycles. The summed E-state index contributed by atoms with van der Waals surface area (Å²) in [5.41, 5.74) is -0.176. The van der Waals surface area contributed by atoms with E-state index in [0.29, 0.717) is 21.8 Å². The largest absolute Gasteiger partial charge is 0.478 e. The number of hydrogen-bond donors (Lipinski definition) is 1. The average molecular weight is 678 g/mol. The van der Waals surface area contributed by atoms with E-state index in [1.54, 1.807) is 62.9 Å². The number of hydrogen-bond acceptors (Lipinski definition) is 6. The first kappa shape index (κ1) is 33.3. The zero-order valence-corrected chi connectivity index (χ0v) is 27.7. The standard InChI is InChI=1S/C33H35Cl2FN2O6S/c1-32(2,3)45(42,43)18-27(19-8-9-19)38-28(20-11-13-25(35)26(36)15-20)29(21-6-5-7-23(34)14-21)44-33(4,31(38)41)16-24-12-10-22(17-37-24)30(39)40/h5-7,10-15,17,19,27-29H,8-9,16,18H2,1-4H3,(H,39,40)/t27-,28-,29-,33-/m1/s1. The Hall–Kier alpha value is -3.05. The highest BCUT2D eigenvalue weighted by molar-refractivity contribution is 7.92. The lowest BCUT2D eigenvalue weighted by atomic mass is 9.85. The van der Waals surface area contributed by atoms with Crippen molar-refractivity contribution in [2.45, 2.75) is 75.5 Å². The lowest BCUT2D eigenvalue weighted by molar-refractivity contribution is -0.202. The van der Waals surface area contributed by atoms with E-state index in [1.807, 2.05) is 0 Å². The van der Waals surface area contributed by atoms with Crippen LogP contribution < -0.4 is 0 Å². The lowest BCUT2D eigenvalue weighted by Gasteiger charge is -2.52. The molecule has 1 saturated carbocycles. The van der Waals surface area contributed by atoms with Crippen molar-refractivity contribution in [1.29, 1.82) is 0 Å². The monoisotopic (exact) mass is 676 g/mol. The van der Waals surface area contributed by atoms with Crippen molar-refractivity contribution in [2.24, 2.45) is 5.92 Å². The third kappa shape index (κ3) is 6.89. The maximum Gasteiger partial charge on any atom is 0.337 e. The molecule has 4 atom stereocenters. The Kier molecular flexibility index (Phi) is 9.09. The Labute approximate surface area is 272 Å². The van der Waals surface area contributed by atoms with Crippen molar-refractivity contribution >= 4 is 44.9 Å². The molecule has 2 aromatic carbocycles. The van der Waals surface area contributed by atoms with Gasteiger partial charge in [0.15, 0.2) is 15.4 Å². The zero-order chi connectivity index (χ0) is 32.9. The SMILES string of the molecule is CC(C)(C)S(=O)(=O)C[C@H](C1CC1)N1C(=O)[C@@](C)(Cc2ccc(C(=O)O)cn2)O[C@H](c2cccc(Cl)c2)[C@H]1c1ccc(Cl)c(F)c1. The van der Waals surface area contributed by atoms with Crippen molar-refractivity contribution in [3.63, 3.8) is 0 Å². The Morgan fingerprint density at radius 2 is 1.84 bits per heavy atom. The molecule has 12 heteroatoms. The number of sulfone groups is 1. The van der Waals surface area contributed by atoms with Crippen LogP contribution in [0.3, 0.4) is 0 Å². The molecule has 1 aromatic heterocycles. The van der Waals surface area contributed by atoms with Crippen LogP contribution in [0.5, 0.6) is 0 Å². The van der Waals surface area contributed by atoms with Crippen molar-refractivity contribution in [2.75, 3.05) is 5.75 Å². The quantitative estimate of drug-likeness (QED) is 0.263. The number of halogens is 3. The van der Waals surface area contributed by atoms with E-state index in [1.165, 1.54) is 30.5 Å². The number of nitrogens with zero attached hydrogens (tertiary/aromatic N) is 2. The lowest BCUT2D eigenvalue weighted by Crippen LogP contribution is -2.62. The van der Waals surface area contributed by atoms with Gasteiger partial charge in [-0.25, -0.2) is 17.6 Å². The van der Waals surface area contributed by atoms with Crippen LogP contribution in [-0.2, 0) is 25.8 Å². The Morgan fingerprint density at radius 3 is 2.40 bits per heavy atom. The fourth-order valence-electron chi connectivity index (χ4n) is 5.78. The molecule has 1 N–H and O–H groups in total. The number of carbonyl (C=O) groups is 2. The van der Waals surface area contributed by atoms with Crippen LogP contribution in [0, 0.1) is 11.7 Å². The van der Waals surface area contributed by atoms with Gasteiger partial charge in [0, 0.05) is 29.4 Å². The number of carboxylic acid groups (broad SMARTS) is 1. The maximum atomic E-state index is 15.0. The number of rotatable bonds is 9. The summed E-state index contributed by atoms with van der Waals surface area (Å²) in [5, 5.41) is 9.65. The minimum atomic E-state index is -3.71. The number of carbonyl (C=O) groups excluding carboxylic acids is 1. The molecule has 240 valence electrons. The number of aromatic nitrogens is 1. The Balaban J connectivity index is 1.70. The molecule has 8 nitrogen and oxygen atoms in total. The summed E-state index contributed by atoms with van der Waals surface area (Å²) in [6.07, 6.45) is 1.73. The number of aromatic carboxylic acids is 1. The fraction of sp³-hybridized carbons (Fsp3) is 0.424. The first-order valence-electron chi connectivity index (χ1n) is 14.6. The molecule has 0 unspecified atom stereocenters. The van der Waals surface area contributed by atoms with Gasteiger partial charge in [0.1, 0.15) is 11.9 Å². The van der Waals surface area contributed by atoms with E-state index in [4.69, 9.17) is 27.9 Å². The predicted octanol–water partition coefficient (Wildman–Crippen LogP) is 6.86. The third-order valence-corrected chi connectivity index (χ3v) is 11.7. The summed E-state index contributed by atoms with van der Waals surface area (Å²) in [7, 11) is -3.71. The van der Waals surface area contributed by atoms with Crippen LogP contribution in [-0.4, -0.2) is 57.4 Å². The number of amides is 1. The van der Waals surface area contributed by atoms with Crippen LogP contribution in [0.1, 0.15) is 79.9 Å². The van der Waals surface area contributed by atoms with Crippen molar-refractivity contribution in [3.8, 4) is 0 Å². The van der Waals surface area contributed by atoms with Gasteiger partial charge in [-0.05, 0) is 94.0 Å². The number of ether oxygens (including phenoxy) is 1. The fourth-order valence-corrected chi connectivity index (χ4v) is 7.48. The van der Waals surface area contributed by atoms with Crippen molar-refractivity contribution in [3.05, 3.63) is 99.0 Å². The summed E-state index contributed by atoms with van der Waals surface area (Å²) in [6.45, 7) is 6.51. The van der Waals surface area contributed by atoms with Gasteiger partial charge in [0.05, 0.1) is 27.1 Å². The second kappa shape index (κ2) is 12.3. The van der Waals surface area contributed by atoms with Crippen molar-refractivity contribution < 1.29 is 32.2 Å². The molecule has 2 fully saturated rings. The van der Waals surface area contributed by atoms with Crippen LogP contribution in [0.15, 0.2) is 60.8 Å². The zero-order valence-electron chi connectivity index (χ0n) is 25.3. The molecule has 3 aromatic rings. The molecule has 5 rings (SSSR count). The predicted molar refractivity (Wildman–Crippen MR) is 170 cm³/mol. The van der Waals surface area contributed by atoms with Crippen LogP contribution in [0.25, 0.3) is 0 Å². The Morgan fingerprint density at radius 1 is 1.13 bits per heavy atom. The molecular formula is C33H35Cl2FN2O6S. The number of morpholine rings is 1. The van der Waals surface area contributed by atoms with Crippen LogP contribution >= 0.6 is 23.2 Å². The Bertz CT molecular complexity index is 1730. The normalized spacial score (nSPS) is 23.2. The maximum absolute atomic E-state index is 15.0. The minimum Gasteiger partial charge on any atom is -0.478 e. The summed E-state index contributed by atoms with van der Waals surface area (Å²) in [6, 6.07) is 12.5. The molecule has 1 amide bonds. The van der Waals surface area contributed by atoms with E-state index >= 15 is 4.39 Å². The van der Waals surface area contributed by atoms with E-state index < -0.39 is 56.1 Å². The molecule has 0 radical (unpaired) electrons. The van der Waals surface area contributed by atoms with E-state index in [2.05, 4.69) is 4.98 Å². The van der Waals surface area contributed by atoms with Gasteiger partial charge in [-0.3, -0.25) is 9.78 Å². The minimum absolute atomic E-state index is 0.00997. The molecule has 2 heterocycles. The number of pyridine rings is 1. The molecular weight excluding hydrogens is 642 g/mol. The molecule has 0 spiro atoms. The number of benzene rings is 2. The van der Waals surface area contributed by atoms with E-state index in [0.717, 1.165) is 12.8 Å². The summed E-state index contributed by atoms with van der Waals surface area (Å²) >= 11 is 12.5. The smallest absolute Gasteiger partial charge is 0.337 e. The van der Waals surface area contributed by atoms with Gasteiger partial charge in [-0.2, -0.15) is 0 Å². The molecule has 1 aliphatic carbocycles.